The van der Waals surface area contributed by atoms with Gasteiger partial charge < -0.3 is 0 Å². The van der Waals surface area contributed by atoms with Crippen molar-refractivity contribution in [2.75, 3.05) is 0 Å². The van der Waals surface area contributed by atoms with Crippen LogP contribution in [0.5, 0.6) is 0 Å². The van der Waals surface area contributed by atoms with Crippen LogP contribution >= 0.6 is 0 Å². The third-order valence-electron chi connectivity index (χ3n) is 2.73. The molecule has 0 amide bonds. The first kappa shape index (κ1) is 11.0. The lowest BCUT2D eigenvalue weighted by molar-refractivity contribution is 1.45. The van der Waals surface area contributed by atoms with E-state index in [1.165, 1.54) is 27.4 Å². The Kier molecular flexibility index (Phi) is 3.16. The lowest BCUT2D eigenvalue weighted by Crippen LogP contribution is -2.03. The van der Waals surface area contributed by atoms with Gasteiger partial charge in [-0.2, -0.15) is 0 Å². The van der Waals surface area contributed by atoms with Crippen LogP contribution in [-0.4, -0.2) is 15.0 Å². The molecule has 1 radical (unpaired) electrons. The quantitative estimate of drug-likeness (QED) is 0.687. The van der Waals surface area contributed by atoms with Gasteiger partial charge in [-0.25, -0.2) is 0 Å². The van der Waals surface area contributed by atoms with E-state index in [2.05, 4.69) is 72.2 Å². The second kappa shape index (κ2) is 4.58. The highest BCUT2D eigenvalue weighted by atomic mass is 28.1. The van der Waals surface area contributed by atoms with Gasteiger partial charge in [-0.3, -0.25) is 0 Å². The van der Waals surface area contributed by atoms with Crippen LogP contribution in [0.25, 0.3) is 0 Å². The SMILES string of the molecule is Cc1ccc(C(=[SiH])c2ccc(C)cc2)cc1. The summed E-state index contributed by atoms with van der Waals surface area (Å²) in [6, 6.07) is 17.2. The van der Waals surface area contributed by atoms with Crippen LogP contribution in [0.15, 0.2) is 48.5 Å². The molecule has 0 aliphatic rings. The van der Waals surface area contributed by atoms with Gasteiger partial charge in [-0.05, 0) is 30.1 Å². The highest BCUT2D eigenvalue weighted by Gasteiger charge is 2.00. The Morgan fingerprint density at radius 1 is 0.688 bits per heavy atom. The van der Waals surface area contributed by atoms with Crippen LogP contribution in [0, 0.1) is 13.8 Å². The van der Waals surface area contributed by atoms with Crippen LogP contribution < -0.4 is 0 Å². The maximum atomic E-state index is 2.84. The smallest absolute Gasteiger partial charge is 0.0117 e. The Morgan fingerprint density at radius 2 is 1.00 bits per heavy atom. The molecule has 0 spiro atoms. The molecule has 79 valence electrons. The second-order valence-electron chi connectivity index (χ2n) is 4.15. The zero-order valence-electron chi connectivity index (χ0n) is 9.70. The Labute approximate surface area is 100.0 Å². The number of rotatable bonds is 2. The van der Waals surface area contributed by atoms with Crippen molar-refractivity contribution in [3.63, 3.8) is 0 Å². The van der Waals surface area contributed by atoms with Crippen molar-refractivity contribution < 1.29 is 0 Å². The lowest BCUT2D eigenvalue weighted by Gasteiger charge is -2.07. The van der Waals surface area contributed by atoms with Gasteiger partial charge >= 0.3 is 0 Å². The Bertz CT molecular complexity index is 444. The predicted molar refractivity (Wildman–Crippen MR) is 72.7 cm³/mol. The molecule has 0 heterocycles. The summed E-state index contributed by atoms with van der Waals surface area (Å²) in [5.41, 5.74) is 5.12. The zero-order chi connectivity index (χ0) is 11.5. The van der Waals surface area contributed by atoms with Crippen LogP contribution in [-0.2, 0) is 0 Å². The van der Waals surface area contributed by atoms with Crippen molar-refractivity contribution in [2.45, 2.75) is 13.8 Å². The maximum Gasteiger partial charge on any atom is 0.0117 e. The molecule has 16 heavy (non-hydrogen) atoms. The fourth-order valence-corrected chi connectivity index (χ4v) is 2.02. The van der Waals surface area contributed by atoms with Crippen molar-refractivity contribution in [3.05, 3.63) is 70.8 Å². The molecule has 0 aromatic heterocycles. The summed E-state index contributed by atoms with van der Waals surface area (Å²) in [6.45, 7) is 4.22. The summed E-state index contributed by atoms with van der Waals surface area (Å²) in [6.07, 6.45) is 0. The monoisotopic (exact) mass is 223 g/mol. The Morgan fingerprint density at radius 3 is 1.31 bits per heavy atom. The van der Waals surface area contributed by atoms with Gasteiger partial charge in [0.25, 0.3) is 0 Å². The third kappa shape index (κ3) is 2.37. The van der Waals surface area contributed by atoms with E-state index in [4.69, 9.17) is 0 Å². The fourth-order valence-electron chi connectivity index (χ4n) is 1.63. The number of hydrogen-bond donors (Lipinski definition) is 0. The van der Waals surface area contributed by atoms with Gasteiger partial charge in [0.1, 0.15) is 0 Å². The third-order valence-corrected chi connectivity index (χ3v) is 3.39. The van der Waals surface area contributed by atoms with Gasteiger partial charge in [0.2, 0.25) is 0 Å². The molecule has 0 atom stereocenters. The first-order valence-electron chi connectivity index (χ1n) is 5.43. The zero-order valence-corrected chi connectivity index (χ0v) is 10.9. The van der Waals surface area contributed by atoms with Crippen molar-refractivity contribution in [1.82, 2.24) is 0 Å². The molecule has 0 saturated heterocycles. The van der Waals surface area contributed by atoms with Crippen molar-refractivity contribution >= 4 is 15.0 Å². The molecule has 0 N–H and O–H groups in total. The van der Waals surface area contributed by atoms with Crippen molar-refractivity contribution in [2.24, 2.45) is 0 Å². The topological polar surface area (TPSA) is 0 Å². The number of aryl methyl sites for hydroxylation is 2. The van der Waals surface area contributed by atoms with E-state index >= 15 is 0 Å². The van der Waals surface area contributed by atoms with Crippen LogP contribution in [0.1, 0.15) is 22.3 Å². The molecule has 0 aliphatic carbocycles. The first-order valence-corrected chi connectivity index (χ1v) is 6.01. The summed E-state index contributed by atoms with van der Waals surface area (Å²) in [5, 5.41) is 1.25. The summed E-state index contributed by atoms with van der Waals surface area (Å²) in [4.78, 5) is 0. The van der Waals surface area contributed by atoms with Gasteiger partial charge in [0.05, 0.1) is 0 Å². The molecule has 0 nitrogen and oxygen atoms in total. The van der Waals surface area contributed by atoms with Crippen molar-refractivity contribution in [1.29, 1.82) is 0 Å². The van der Waals surface area contributed by atoms with Gasteiger partial charge in [0, 0.05) is 9.85 Å². The normalized spacial score (nSPS) is 10.1. The maximum absolute atomic E-state index is 2.84. The molecule has 0 aliphatic heterocycles. The highest BCUT2D eigenvalue weighted by molar-refractivity contribution is 6.49. The van der Waals surface area contributed by atoms with E-state index in [0.29, 0.717) is 0 Å². The van der Waals surface area contributed by atoms with E-state index in [-0.39, 0.29) is 0 Å². The predicted octanol–water partition coefficient (Wildman–Crippen LogP) is 2.77. The molecule has 2 aromatic carbocycles. The molecule has 0 bridgehead atoms. The van der Waals surface area contributed by atoms with Gasteiger partial charge in [-0.1, -0.05) is 59.7 Å². The van der Waals surface area contributed by atoms with Crippen LogP contribution in [0.2, 0.25) is 0 Å². The number of hydrogen-bond acceptors (Lipinski definition) is 0. The van der Waals surface area contributed by atoms with Gasteiger partial charge in [0.15, 0.2) is 0 Å². The molecular formula is C15H15Si. The molecule has 0 unspecified atom stereocenters. The minimum atomic E-state index is 1.25. The first-order chi connectivity index (χ1) is 7.66. The number of benzene rings is 2. The lowest BCUT2D eigenvalue weighted by atomic mass is 10.0. The average Bonchev–Trinajstić information content (AvgIpc) is 2.30. The summed E-state index contributed by atoms with van der Waals surface area (Å²) < 4.78 is 0. The summed E-state index contributed by atoms with van der Waals surface area (Å²) >= 11 is 0. The van der Waals surface area contributed by atoms with Crippen molar-refractivity contribution in [3.8, 4) is 0 Å². The average molecular weight is 223 g/mol. The summed E-state index contributed by atoms with van der Waals surface area (Å²) in [5.74, 6) is 0. The second-order valence-corrected chi connectivity index (χ2v) is 4.72. The van der Waals surface area contributed by atoms with E-state index < -0.39 is 0 Å². The molecule has 2 rings (SSSR count). The Balaban J connectivity index is 2.32. The largest absolute Gasteiger partial charge is 0.0587 e. The standard InChI is InChI=1S/C15H15Si/c1-11-3-7-13(8-4-11)15(16)14-9-5-12(2)6-10-14/h3-10,16H,1-2H3. The van der Waals surface area contributed by atoms with Gasteiger partial charge in [-0.15, -0.1) is 0 Å². The molecule has 0 saturated carbocycles. The van der Waals surface area contributed by atoms with E-state index in [0.717, 1.165) is 0 Å². The van der Waals surface area contributed by atoms with Crippen LogP contribution in [0.4, 0.5) is 0 Å². The minimum absolute atomic E-state index is 1.25. The van der Waals surface area contributed by atoms with E-state index in [1.807, 2.05) is 0 Å². The Hall–Kier alpha value is -1.47. The fraction of sp³-hybridized carbons (Fsp3) is 0.133. The summed E-state index contributed by atoms with van der Waals surface area (Å²) in [7, 11) is 2.84. The molecule has 2 aromatic rings. The molecule has 0 fully saturated rings. The molecular weight excluding hydrogens is 208 g/mol. The highest BCUT2D eigenvalue weighted by Crippen LogP contribution is 2.11. The van der Waals surface area contributed by atoms with E-state index in [1.54, 1.807) is 0 Å². The van der Waals surface area contributed by atoms with Crippen LogP contribution in [0.3, 0.4) is 0 Å². The minimum Gasteiger partial charge on any atom is -0.0587 e. The van der Waals surface area contributed by atoms with E-state index in [9.17, 15) is 0 Å². The molecule has 1 heteroatoms.